The van der Waals surface area contributed by atoms with E-state index in [0.29, 0.717) is 4.91 Å². The molecule has 3 nitrogen and oxygen atoms in total. The molecule has 2 rings (SSSR count). The number of nitrogens with one attached hydrogen (secondary N) is 1. The van der Waals surface area contributed by atoms with Crippen LogP contribution in [0, 0.1) is 6.92 Å². The molecule has 0 unspecified atom stereocenters. The van der Waals surface area contributed by atoms with Gasteiger partial charge in [-0.2, -0.15) is 0 Å². The van der Waals surface area contributed by atoms with Crippen LogP contribution in [0.25, 0.3) is 5.57 Å². The van der Waals surface area contributed by atoms with Crippen molar-refractivity contribution in [2.45, 2.75) is 33.1 Å². The number of hydrogen-bond donors (Lipinski definition) is 1. The summed E-state index contributed by atoms with van der Waals surface area (Å²) in [5.74, 6) is -0.260. The van der Waals surface area contributed by atoms with Crippen LogP contribution in [-0.4, -0.2) is 11.1 Å². The van der Waals surface area contributed by atoms with Gasteiger partial charge >= 0.3 is 0 Å². The SMILES string of the molecule is CCCC/C(=C1/SC(=O)NC1=O)c1ccccc1C. The van der Waals surface area contributed by atoms with Crippen LogP contribution in [-0.2, 0) is 4.79 Å². The summed E-state index contributed by atoms with van der Waals surface area (Å²) < 4.78 is 0. The van der Waals surface area contributed by atoms with Crippen molar-refractivity contribution in [3.8, 4) is 0 Å². The average molecular weight is 275 g/mol. The van der Waals surface area contributed by atoms with Gasteiger partial charge in [0.2, 0.25) is 0 Å². The maximum atomic E-state index is 11.9. The van der Waals surface area contributed by atoms with E-state index in [1.807, 2.05) is 31.2 Å². The number of unbranched alkanes of at least 4 members (excludes halogenated alkanes) is 1. The van der Waals surface area contributed by atoms with E-state index in [0.717, 1.165) is 47.7 Å². The Morgan fingerprint density at radius 3 is 2.58 bits per heavy atom. The maximum absolute atomic E-state index is 11.9. The van der Waals surface area contributed by atoms with Gasteiger partial charge in [0, 0.05) is 0 Å². The summed E-state index contributed by atoms with van der Waals surface area (Å²) in [7, 11) is 0. The van der Waals surface area contributed by atoms with E-state index >= 15 is 0 Å². The zero-order valence-electron chi connectivity index (χ0n) is 11.2. The molecule has 1 heterocycles. The molecule has 1 aromatic carbocycles. The van der Waals surface area contributed by atoms with Gasteiger partial charge in [0.05, 0.1) is 4.91 Å². The number of aryl methyl sites for hydroxylation is 1. The number of imide groups is 1. The molecule has 0 radical (unpaired) electrons. The van der Waals surface area contributed by atoms with Gasteiger partial charge in [0.1, 0.15) is 0 Å². The minimum absolute atomic E-state index is 0.260. The van der Waals surface area contributed by atoms with Gasteiger partial charge < -0.3 is 0 Å². The summed E-state index contributed by atoms with van der Waals surface area (Å²) in [4.78, 5) is 23.8. The Morgan fingerprint density at radius 2 is 2.00 bits per heavy atom. The Morgan fingerprint density at radius 1 is 1.26 bits per heavy atom. The molecule has 0 spiro atoms. The molecular weight excluding hydrogens is 258 g/mol. The van der Waals surface area contributed by atoms with Crippen molar-refractivity contribution >= 4 is 28.5 Å². The minimum Gasteiger partial charge on any atom is -0.282 e. The van der Waals surface area contributed by atoms with E-state index in [9.17, 15) is 9.59 Å². The maximum Gasteiger partial charge on any atom is 0.290 e. The molecule has 1 N–H and O–H groups in total. The normalized spacial score (nSPS) is 17.6. The summed E-state index contributed by atoms with van der Waals surface area (Å²) in [5.41, 5.74) is 3.20. The number of carbonyl (C=O) groups excluding carboxylic acids is 2. The minimum atomic E-state index is -0.275. The first-order valence-electron chi connectivity index (χ1n) is 6.45. The van der Waals surface area contributed by atoms with Gasteiger partial charge in [-0.1, -0.05) is 37.6 Å². The van der Waals surface area contributed by atoms with Crippen LogP contribution in [0.15, 0.2) is 29.2 Å². The fourth-order valence-corrected chi connectivity index (χ4v) is 2.96. The van der Waals surface area contributed by atoms with Crippen molar-refractivity contribution in [2.24, 2.45) is 0 Å². The Kier molecular flexibility index (Phi) is 4.43. The molecule has 0 bridgehead atoms. The standard InChI is InChI=1S/C15H17NO2S/c1-3-4-8-12(11-9-6-5-7-10(11)2)13-14(17)16-15(18)19-13/h5-7,9H,3-4,8H2,1-2H3,(H,16,17,18)/b13-12-. The molecule has 100 valence electrons. The lowest BCUT2D eigenvalue weighted by Gasteiger charge is -2.12. The van der Waals surface area contributed by atoms with Gasteiger partial charge in [0.25, 0.3) is 11.1 Å². The van der Waals surface area contributed by atoms with Crippen molar-refractivity contribution in [3.05, 3.63) is 40.3 Å². The Hall–Kier alpha value is -1.55. The fraction of sp³-hybridized carbons (Fsp3) is 0.333. The summed E-state index contributed by atoms with van der Waals surface area (Å²) in [6.45, 7) is 4.15. The van der Waals surface area contributed by atoms with Crippen LogP contribution < -0.4 is 5.32 Å². The third kappa shape index (κ3) is 3.07. The zero-order valence-corrected chi connectivity index (χ0v) is 12.0. The Bertz CT molecular complexity index is 549. The third-order valence-electron chi connectivity index (χ3n) is 3.14. The lowest BCUT2D eigenvalue weighted by Crippen LogP contribution is -2.18. The largest absolute Gasteiger partial charge is 0.290 e. The molecule has 2 amide bonds. The molecule has 0 aromatic heterocycles. The summed E-state index contributed by atoms with van der Waals surface area (Å²) in [5, 5.41) is 2.06. The lowest BCUT2D eigenvalue weighted by molar-refractivity contribution is -0.115. The van der Waals surface area contributed by atoms with Crippen LogP contribution in [0.5, 0.6) is 0 Å². The molecular formula is C15H17NO2S. The first-order chi connectivity index (χ1) is 9.13. The second-order valence-electron chi connectivity index (χ2n) is 4.57. The van der Waals surface area contributed by atoms with E-state index in [2.05, 4.69) is 12.2 Å². The highest BCUT2D eigenvalue weighted by atomic mass is 32.2. The summed E-state index contributed by atoms with van der Waals surface area (Å²) >= 11 is 1.02. The number of amides is 2. The van der Waals surface area contributed by atoms with Crippen molar-refractivity contribution in [1.82, 2.24) is 5.32 Å². The quantitative estimate of drug-likeness (QED) is 0.848. The predicted molar refractivity (Wildman–Crippen MR) is 78.8 cm³/mol. The topological polar surface area (TPSA) is 46.2 Å². The van der Waals surface area contributed by atoms with Crippen LogP contribution in [0.3, 0.4) is 0 Å². The first-order valence-corrected chi connectivity index (χ1v) is 7.27. The smallest absolute Gasteiger partial charge is 0.282 e. The highest BCUT2D eigenvalue weighted by Gasteiger charge is 2.29. The van der Waals surface area contributed by atoms with Gasteiger partial charge in [-0.3, -0.25) is 14.9 Å². The monoisotopic (exact) mass is 275 g/mol. The summed E-state index contributed by atoms with van der Waals surface area (Å²) in [6, 6.07) is 7.99. The van der Waals surface area contributed by atoms with Crippen molar-refractivity contribution in [2.75, 3.05) is 0 Å². The number of allylic oxidation sites excluding steroid dienone is 1. The predicted octanol–water partition coefficient (Wildman–Crippen LogP) is 3.88. The highest BCUT2D eigenvalue weighted by Crippen LogP contribution is 2.35. The van der Waals surface area contributed by atoms with E-state index in [1.165, 1.54) is 0 Å². The van der Waals surface area contributed by atoms with Crippen molar-refractivity contribution in [1.29, 1.82) is 0 Å². The van der Waals surface area contributed by atoms with E-state index in [-0.39, 0.29) is 11.1 Å². The summed E-state index contributed by atoms with van der Waals surface area (Å²) in [6.07, 6.45) is 2.89. The molecule has 1 saturated heterocycles. The van der Waals surface area contributed by atoms with Gasteiger partial charge in [-0.05, 0) is 48.2 Å². The van der Waals surface area contributed by atoms with E-state index in [4.69, 9.17) is 0 Å². The van der Waals surface area contributed by atoms with Crippen LogP contribution in [0.2, 0.25) is 0 Å². The molecule has 19 heavy (non-hydrogen) atoms. The highest BCUT2D eigenvalue weighted by molar-refractivity contribution is 8.18. The van der Waals surface area contributed by atoms with Crippen LogP contribution in [0.4, 0.5) is 4.79 Å². The third-order valence-corrected chi connectivity index (χ3v) is 4.06. The second kappa shape index (κ2) is 6.06. The Balaban J connectivity index is 2.47. The zero-order chi connectivity index (χ0) is 13.8. The van der Waals surface area contributed by atoms with Crippen LogP contribution >= 0.6 is 11.8 Å². The van der Waals surface area contributed by atoms with Gasteiger partial charge in [0.15, 0.2) is 0 Å². The Labute approximate surface area is 117 Å². The number of rotatable bonds is 4. The molecule has 0 saturated carbocycles. The second-order valence-corrected chi connectivity index (χ2v) is 5.55. The molecule has 4 heteroatoms. The van der Waals surface area contributed by atoms with E-state index < -0.39 is 0 Å². The number of carbonyl (C=O) groups is 2. The first kappa shape index (κ1) is 13.9. The van der Waals surface area contributed by atoms with E-state index in [1.54, 1.807) is 0 Å². The molecule has 0 aliphatic carbocycles. The number of hydrogen-bond acceptors (Lipinski definition) is 3. The molecule has 1 aromatic rings. The van der Waals surface area contributed by atoms with Crippen molar-refractivity contribution < 1.29 is 9.59 Å². The average Bonchev–Trinajstić information content (AvgIpc) is 2.71. The molecule has 1 fully saturated rings. The number of thioether (sulfide) groups is 1. The molecule has 0 atom stereocenters. The molecule has 1 aliphatic heterocycles. The molecule has 1 aliphatic rings. The number of benzene rings is 1. The lowest BCUT2D eigenvalue weighted by atomic mass is 9.95. The van der Waals surface area contributed by atoms with Crippen molar-refractivity contribution in [3.63, 3.8) is 0 Å². The fourth-order valence-electron chi connectivity index (χ4n) is 2.15. The van der Waals surface area contributed by atoms with Gasteiger partial charge in [-0.25, -0.2) is 0 Å². The van der Waals surface area contributed by atoms with Gasteiger partial charge in [-0.15, -0.1) is 0 Å². The van der Waals surface area contributed by atoms with Crippen LogP contribution in [0.1, 0.15) is 37.3 Å².